The first kappa shape index (κ1) is 13.7. The van der Waals surface area contributed by atoms with Crippen molar-refractivity contribution in [3.05, 3.63) is 39.5 Å². The molecule has 0 bridgehead atoms. The van der Waals surface area contributed by atoms with Crippen molar-refractivity contribution in [1.82, 2.24) is 24.9 Å². The number of nitrogens with zero attached hydrogens (tertiary/aromatic N) is 5. The Morgan fingerprint density at radius 3 is 2.75 bits per heavy atom. The second-order valence-corrected chi connectivity index (χ2v) is 4.37. The molecule has 9 heteroatoms. The maximum Gasteiger partial charge on any atom is 0.322 e. The number of nitro groups is 1. The van der Waals surface area contributed by atoms with Crippen molar-refractivity contribution in [1.29, 1.82) is 0 Å². The summed E-state index contributed by atoms with van der Waals surface area (Å²) in [6.45, 7) is 1.78. The van der Waals surface area contributed by atoms with E-state index in [1.165, 1.54) is 4.68 Å². The number of aryl methyl sites for hydroxylation is 2. The summed E-state index contributed by atoms with van der Waals surface area (Å²) in [4.78, 5) is 22.4. The van der Waals surface area contributed by atoms with Crippen molar-refractivity contribution in [2.45, 2.75) is 13.5 Å². The third kappa shape index (κ3) is 2.51. The maximum absolute atomic E-state index is 12.0. The van der Waals surface area contributed by atoms with Gasteiger partial charge in [-0.25, -0.2) is 0 Å². The number of carbonyl (C=O) groups is 1. The monoisotopic (exact) mass is 278 g/mol. The van der Waals surface area contributed by atoms with Gasteiger partial charge in [0.15, 0.2) is 0 Å². The molecule has 0 saturated carbocycles. The summed E-state index contributed by atoms with van der Waals surface area (Å²) in [6, 6.07) is 0. The molecule has 0 unspecified atom stereocenters. The van der Waals surface area contributed by atoms with Gasteiger partial charge in [0.25, 0.3) is 5.91 Å². The van der Waals surface area contributed by atoms with Crippen LogP contribution in [0, 0.1) is 17.0 Å². The van der Waals surface area contributed by atoms with Crippen LogP contribution in [0.1, 0.15) is 21.7 Å². The smallest absolute Gasteiger partial charge is 0.322 e. The SMILES string of the molecule is Cc1c([N+](=O)[O-])c(C(=O)NCc2cnn(C)c2)nn1C. The Kier molecular flexibility index (Phi) is 3.51. The fourth-order valence-corrected chi connectivity index (χ4v) is 1.80. The summed E-state index contributed by atoms with van der Waals surface area (Å²) < 4.78 is 2.92. The molecular formula is C11H14N6O3. The summed E-state index contributed by atoms with van der Waals surface area (Å²) >= 11 is 0. The summed E-state index contributed by atoms with van der Waals surface area (Å²) in [5.74, 6) is -0.579. The van der Waals surface area contributed by atoms with Gasteiger partial charge in [0.1, 0.15) is 5.69 Å². The fourth-order valence-electron chi connectivity index (χ4n) is 1.80. The van der Waals surface area contributed by atoms with Gasteiger partial charge in [0.2, 0.25) is 5.69 Å². The molecule has 2 aromatic heterocycles. The topological polar surface area (TPSA) is 108 Å². The average molecular weight is 278 g/mol. The zero-order chi connectivity index (χ0) is 14.9. The van der Waals surface area contributed by atoms with Gasteiger partial charge < -0.3 is 5.32 Å². The summed E-state index contributed by atoms with van der Waals surface area (Å²) in [5.41, 5.74) is 0.688. The average Bonchev–Trinajstić information content (AvgIpc) is 2.91. The number of hydrogen-bond donors (Lipinski definition) is 1. The van der Waals surface area contributed by atoms with Crippen molar-refractivity contribution in [3.8, 4) is 0 Å². The summed E-state index contributed by atoms with van der Waals surface area (Å²) in [6.07, 6.45) is 3.36. The second kappa shape index (κ2) is 5.11. The third-order valence-electron chi connectivity index (χ3n) is 2.91. The molecule has 106 valence electrons. The third-order valence-corrected chi connectivity index (χ3v) is 2.91. The highest BCUT2D eigenvalue weighted by Crippen LogP contribution is 2.21. The van der Waals surface area contributed by atoms with Crippen LogP contribution in [-0.2, 0) is 20.6 Å². The molecule has 0 saturated heterocycles. The Hall–Kier alpha value is -2.71. The van der Waals surface area contributed by atoms with E-state index >= 15 is 0 Å². The van der Waals surface area contributed by atoms with Gasteiger partial charge in [-0.05, 0) is 6.92 Å². The van der Waals surface area contributed by atoms with Gasteiger partial charge in [-0.1, -0.05) is 0 Å². The molecule has 2 aromatic rings. The lowest BCUT2D eigenvalue weighted by molar-refractivity contribution is -0.385. The van der Waals surface area contributed by atoms with E-state index in [1.54, 1.807) is 38.1 Å². The van der Waals surface area contributed by atoms with E-state index in [9.17, 15) is 14.9 Å². The van der Waals surface area contributed by atoms with Gasteiger partial charge >= 0.3 is 5.69 Å². The Balaban J connectivity index is 2.17. The van der Waals surface area contributed by atoms with Crippen LogP contribution < -0.4 is 5.32 Å². The second-order valence-electron chi connectivity index (χ2n) is 4.37. The first-order valence-corrected chi connectivity index (χ1v) is 5.84. The van der Waals surface area contributed by atoms with Crippen LogP contribution in [-0.4, -0.2) is 30.4 Å². The standard InChI is InChI=1S/C11H14N6O3/c1-7-10(17(19)20)9(14-16(7)3)11(18)12-4-8-5-13-15(2)6-8/h5-6H,4H2,1-3H3,(H,12,18). The van der Waals surface area contributed by atoms with Crippen molar-refractivity contribution < 1.29 is 9.72 Å². The van der Waals surface area contributed by atoms with Crippen molar-refractivity contribution in [2.75, 3.05) is 0 Å². The van der Waals surface area contributed by atoms with E-state index in [2.05, 4.69) is 15.5 Å². The van der Waals surface area contributed by atoms with Crippen molar-refractivity contribution in [2.24, 2.45) is 14.1 Å². The Morgan fingerprint density at radius 1 is 1.50 bits per heavy atom. The molecule has 9 nitrogen and oxygen atoms in total. The first-order chi connectivity index (χ1) is 9.40. The molecule has 0 aliphatic carbocycles. The Morgan fingerprint density at radius 2 is 2.20 bits per heavy atom. The van der Waals surface area contributed by atoms with Crippen LogP contribution in [0.4, 0.5) is 5.69 Å². The van der Waals surface area contributed by atoms with Crippen LogP contribution in [0.25, 0.3) is 0 Å². The molecular weight excluding hydrogens is 264 g/mol. The Bertz CT molecular complexity index is 672. The lowest BCUT2D eigenvalue weighted by atomic mass is 10.3. The lowest BCUT2D eigenvalue weighted by Crippen LogP contribution is -2.24. The minimum Gasteiger partial charge on any atom is -0.346 e. The molecule has 0 atom stereocenters. The zero-order valence-corrected chi connectivity index (χ0v) is 11.3. The molecule has 2 heterocycles. The zero-order valence-electron chi connectivity index (χ0n) is 11.3. The van der Waals surface area contributed by atoms with Gasteiger partial charge in [-0.2, -0.15) is 10.2 Å². The van der Waals surface area contributed by atoms with Gasteiger partial charge in [0.05, 0.1) is 11.1 Å². The quantitative estimate of drug-likeness (QED) is 0.639. The lowest BCUT2D eigenvalue weighted by Gasteiger charge is -2.00. The first-order valence-electron chi connectivity index (χ1n) is 5.84. The molecule has 0 fully saturated rings. The molecule has 1 N–H and O–H groups in total. The molecule has 0 radical (unpaired) electrons. The molecule has 20 heavy (non-hydrogen) atoms. The summed E-state index contributed by atoms with van der Waals surface area (Å²) in [5, 5.41) is 21.4. The van der Waals surface area contributed by atoms with Crippen LogP contribution in [0.2, 0.25) is 0 Å². The van der Waals surface area contributed by atoms with E-state index in [-0.39, 0.29) is 17.9 Å². The maximum atomic E-state index is 12.0. The van der Waals surface area contributed by atoms with Gasteiger partial charge in [-0.15, -0.1) is 0 Å². The van der Waals surface area contributed by atoms with Crippen LogP contribution >= 0.6 is 0 Å². The van der Waals surface area contributed by atoms with Crippen LogP contribution in [0.5, 0.6) is 0 Å². The molecule has 0 aliphatic rings. The van der Waals surface area contributed by atoms with E-state index in [1.807, 2.05) is 0 Å². The molecule has 2 rings (SSSR count). The number of hydrogen-bond acceptors (Lipinski definition) is 5. The molecule has 1 amide bonds. The predicted octanol–water partition coefficient (Wildman–Crippen LogP) is 0.300. The van der Waals surface area contributed by atoms with E-state index in [4.69, 9.17) is 0 Å². The van der Waals surface area contributed by atoms with Gasteiger partial charge in [-0.3, -0.25) is 24.3 Å². The van der Waals surface area contributed by atoms with Crippen molar-refractivity contribution in [3.63, 3.8) is 0 Å². The minimum absolute atomic E-state index is 0.182. The largest absolute Gasteiger partial charge is 0.346 e. The number of nitrogens with one attached hydrogen (secondary N) is 1. The number of amides is 1. The highest BCUT2D eigenvalue weighted by atomic mass is 16.6. The van der Waals surface area contributed by atoms with Crippen LogP contribution in [0.3, 0.4) is 0 Å². The normalized spacial score (nSPS) is 10.6. The molecule has 0 aliphatic heterocycles. The summed E-state index contributed by atoms with van der Waals surface area (Å²) in [7, 11) is 3.32. The molecule has 0 spiro atoms. The highest BCUT2D eigenvalue weighted by Gasteiger charge is 2.28. The van der Waals surface area contributed by atoms with Crippen LogP contribution in [0.15, 0.2) is 12.4 Å². The van der Waals surface area contributed by atoms with Gasteiger partial charge in [0, 0.05) is 32.4 Å². The number of aromatic nitrogens is 4. The number of rotatable bonds is 4. The highest BCUT2D eigenvalue weighted by molar-refractivity contribution is 5.96. The minimum atomic E-state index is -0.596. The van der Waals surface area contributed by atoms with Crippen molar-refractivity contribution >= 4 is 11.6 Å². The molecule has 0 aromatic carbocycles. The van der Waals surface area contributed by atoms with E-state index < -0.39 is 10.8 Å². The van der Waals surface area contributed by atoms with E-state index in [0.29, 0.717) is 5.69 Å². The predicted molar refractivity (Wildman–Crippen MR) is 69.0 cm³/mol. The number of carbonyl (C=O) groups excluding carboxylic acids is 1. The fraction of sp³-hybridized carbons (Fsp3) is 0.364. The van der Waals surface area contributed by atoms with E-state index in [0.717, 1.165) is 5.56 Å². The Labute approximate surface area is 114 Å².